The highest BCUT2D eigenvalue weighted by atomic mass is 15.2. The molecule has 1 fully saturated rings. The van der Waals surface area contributed by atoms with Gasteiger partial charge in [-0.1, -0.05) is 0 Å². The zero-order chi connectivity index (χ0) is 12.4. The number of nitrogens with one attached hydrogen (secondary N) is 2. The van der Waals surface area contributed by atoms with Crippen molar-refractivity contribution in [1.82, 2.24) is 25.1 Å². The molecule has 3 heterocycles. The molecule has 1 unspecified atom stereocenters. The molecule has 18 heavy (non-hydrogen) atoms. The molecular formula is C13H19N5. The third-order valence-electron chi connectivity index (χ3n) is 3.78. The van der Waals surface area contributed by atoms with Gasteiger partial charge in [0, 0.05) is 36.6 Å². The molecular weight excluding hydrogens is 226 g/mol. The molecule has 0 aliphatic carbocycles. The third kappa shape index (κ3) is 2.31. The fraction of sp³-hybridized carbons (Fsp3) is 0.538. The Labute approximate surface area is 107 Å². The Kier molecular flexibility index (Phi) is 3.15. The number of rotatable bonds is 3. The highest BCUT2D eigenvalue weighted by Gasteiger charge is 2.22. The molecule has 1 saturated heterocycles. The van der Waals surface area contributed by atoms with E-state index in [1.807, 2.05) is 6.20 Å². The number of aromatic amines is 2. The van der Waals surface area contributed by atoms with Crippen LogP contribution >= 0.6 is 0 Å². The predicted molar refractivity (Wildman–Crippen MR) is 69.2 cm³/mol. The number of hydrogen-bond acceptors (Lipinski definition) is 3. The standard InChI is InChI=1S/C13H19N5/c1-10-13(15-9-14-10)8-18-6-2-3-11(7-18)12-4-5-16-17-12/h4-5,9,11H,2-3,6-8H2,1H3,(H,14,15)(H,16,17). The van der Waals surface area contributed by atoms with Gasteiger partial charge in [-0.25, -0.2) is 4.98 Å². The number of nitrogens with zero attached hydrogens (tertiary/aromatic N) is 3. The van der Waals surface area contributed by atoms with E-state index in [9.17, 15) is 0 Å². The van der Waals surface area contributed by atoms with Crippen molar-refractivity contribution in [3.05, 3.63) is 35.7 Å². The van der Waals surface area contributed by atoms with Gasteiger partial charge in [0.15, 0.2) is 0 Å². The summed E-state index contributed by atoms with van der Waals surface area (Å²) in [6.07, 6.45) is 6.11. The second-order valence-electron chi connectivity index (χ2n) is 5.06. The monoisotopic (exact) mass is 245 g/mol. The quantitative estimate of drug-likeness (QED) is 0.867. The molecule has 0 saturated carbocycles. The molecule has 5 nitrogen and oxygen atoms in total. The van der Waals surface area contributed by atoms with E-state index < -0.39 is 0 Å². The summed E-state index contributed by atoms with van der Waals surface area (Å²) in [5.41, 5.74) is 3.61. The second kappa shape index (κ2) is 4.94. The lowest BCUT2D eigenvalue weighted by molar-refractivity contribution is 0.196. The molecule has 2 N–H and O–H groups in total. The minimum absolute atomic E-state index is 0.584. The van der Waals surface area contributed by atoms with E-state index in [-0.39, 0.29) is 0 Å². The third-order valence-corrected chi connectivity index (χ3v) is 3.78. The van der Waals surface area contributed by atoms with E-state index in [0.717, 1.165) is 19.6 Å². The van der Waals surface area contributed by atoms with Gasteiger partial charge >= 0.3 is 0 Å². The summed E-state index contributed by atoms with van der Waals surface area (Å²) in [5, 5.41) is 7.15. The molecule has 1 aliphatic rings. The Hall–Kier alpha value is -1.62. The number of aryl methyl sites for hydroxylation is 1. The Morgan fingerprint density at radius 1 is 1.50 bits per heavy atom. The molecule has 0 bridgehead atoms. The SMILES string of the molecule is Cc1[nH]cnc1CN1CCCC(c2ccn[nH]2)C1. The van der Waals surface area contributed by atoms with E-state index in [1.54, 1.807) is 6.33 Å². The fourth-order valence-electron chi connectivity index (χ4n) is 2.71. The van der Waals surface area contributed by atoms with Gasteiger partial charge in [0.05, 0.1) is 12.0 Å². The van der Waals surface area contributed by atoms with Crippen molar-refractivity contribution in [3.8, 4) is 0 Å². The van der Waals surface area contributed by atoms with E-state index in [4.69, 9.17) is 0 Å². The van der Waals surface area contributed by atoms with Crippen LogP contribution in [0.15, 0.2) is 18.6 Å². The maximum atomic E-state index is 4.38. The number of aromatic nitrogens is 4. The topological polar surface area (TPSA) is 60.6 Å². The minimum Gasteiger partial charge on any atom is -0.348 e. The number of imidazole rings is 1. The van der Waals surface area contributed by atoms with E-state index >= 15 is 0 Å². The van der Waals surface area contributed by atoms with Crippen LogP contribution in [0.1, 0.15) is 35.8 Å². The Morgan fingerprint density at radius 2 is 2.44 bits per heavy atom. The smallest absolute Gasteiger partial charge is 0.0925 e. The first-order valence-corrected chi connectivity index (χ1v) is 6.53. The first kappa shape index (κ1) is 11.5. The van der Waals surface area contributed by atoms with Crippen LogP contribution in [-0.2, 0) is 6.54 Å². The van der Waals surface area contributed by atoms with Gasteiger partial charge in [-0.2, -0.15) is 5.10 Å². The van der Waals surface area contributed by atoms with Gasteiger partial charge in [0.25, 0.3) is 0 Å². The highest BCUT2D eigenvalue weighted by molar-refractivity contribution is 5.11. The van der Waals surface area contributed by atoms with E-state index in [1.165, 1.54) is 29.9 Å². The highest BCUT2D eigenvalue weighted by Crippen LogP contribution is 2.26. The molecule has 0 aromatic carbocycles. The van der Waals surface area contributed by atoms with Crippen LogP contribution in [0.25, 0.3) is 0 Å². The van der Waals surface area contributed by atoms with Crippen LogP contribution in [0.2, 0.25) is 0 Å². The van der Waals surface area contributed by atoms with Crippen molar-refractivity contribution in [2.75, 3.05) is 13.1 Å². The zero-order valence-electron chi connectivity index (χ0n) is 10.7. The van der Waals surface area contributed by atoms with Crippen molar-refractivity contribution in [2.24, 2.45) is 0 Å². The largest absolute Gasteiger partial charge is 0.348 e. The molecule has 3 rings (SSSR count). The van der Waals surface area contributed by atoms with Crippen molar-refractivity contribution in [2.45, 2.75) is 32.2 Å². The summed E-state index contributed by atoms with van der Waals surface area (Å²) in [7, 11) is 0. The summed E-state index contributed by atoms with van der Waals surface area (Å²) in [6, 6.07) is 2.09. The van der Waals surface area contributed by atoms with Crippen molar-refractivity contribution >= 4 is 0 Å². The lowest BCUT2D eigenvalue weighted by Crippen LogP contribution is -2.34. The first-order valence-electron chi connectivity index (χ1n) is 6.53. The van der Waals surface area contributed by atoms with Gasteiger partial charge < -0.3 is 4.98 Å². The predicted octanol–water partition coefficient (Wildman–Crippen LogP) is 1.82. The van der Waals surface area contributed by atoms with Crippen molar-refractivity contribution < 1.29 is 0 Å². The summed E-state index contributed by atoms with van der Waals surface area (Å²) in [5.74, 6) is 0.584. The summed E-state index contributed by atoms with van der Waals surface area (Å²) >= 11 is 0. The van der Waals surface area contributed by atoms with Crippen LogP contribution < -0.4 is 0 Å². The van der Waals surface area contributed by atoms with Gasteiger partial charge in [-0.05, 0) is 32.4 Å². The number of piperidine rings is 1. The minimum atomic E-state index is 0.584. The number of likely N-dealkylation sites (tertiary alicyclic amines) is 1. The zero-order valence-corrected chi connectivity index (χ0v) is 10.7. The molecule has 96 valence electrons. The van der Waals surface area contributed by atoms with Gasteiger partial charge in [0.2, 0.25) is 0 Å². The number of hydrogen-bond donors (Lipinski definition) is 2. The average molecular weight is 245 g/mol. The van der Waals surface area contributed by atoms with Crippen LogP contribution in [-0.4, -0.2) is 38.2 Å². The van der Waals surface area contributed by atoms with E-state index in [0.29, 0.717) is 5.92 Å². The lowest BCUT2D eigenvalue weighted by Gasteiger charge is -2.31. The Balaban J connectivity index is 1.66. The van der Waals surface area contributed by atoms with Gasteiger partial charge in [-0.3, -0.25) is 10.00 Å². The van der Waals surface area contributed by atoms with E-state index in [2.05, 4.69) is 38.1 Å². The summed E-state index contributed by atoms with van der Waals surface area (Å²) in [4.78, 5) is 10.0. The molecule has 1 aliphatic heterocycles. The van der Waals surface area contributed by atoms with Gasteiger partial charge in [0.1, 0.15) is 0 Å². The second-order valence-corrected chi connectivity index (χ2v) is 5.06. The summed E-state index contributed by atoms with van der Waals surface area (Å²) in [6.45, 7) is 5.28. The maximum absolute atomic E-state index is 4.38. The number of H-pyrrole nitrogens is 2. The molecule has 0 spiro atoms. The van der Waals surface area contributed by atoms with Crippen LogP contribution in [0, 0.1) is 6.92 Å². The molecule has 2 aromatic rings. The fourth-order valence-corrected chi connectivity index (χ4v) is 2.71. The van der Waals surface area contributed by atoms with Crippen LogP contribution in [0.4, 0.5) is 0 Å². The Morgan fingerprint density at radius 3 is 3.17 bits per heavy atom. The van der Waals surface area contributed by atoms with Crippen LogP contribution in [0.3, 0.4) is 0 Å². The molecule has 5 heteroatoms. The first-order chi connectivity index (χ1) is 8.83. The summed E-state index contributed by atoms with van der Waals surface area (Å²) < 4.78 is 0. The van der Waals surface area contributed by atoms with Crippen molar-refractivity contribution in [1.29, 1.82) is 0 Å². The Bertz CT molecular complexity index is 487. The molecule has 0 amide bonds. The molecule has 1 atom stereocenters. The molecule has 0 radical (unpaired) electrons. The normalized spacial score (nSPS) is 21.3. The average Bonchev–Trinajstić information content (AvgIpc) is 3.02. The lowest BCUT2D eigenvalue weighted by atomic mass is 9.95. The maximum Gasteiger partial charge on any atom is 0.0925 e. The van der Waals surface area contributed by atoms with Gasteiger partial charge in [-0.15, -0.1) is 0 Å². The van der Waals surface area contributed by atoms with Crippen LogP contribution in [0.5, 0.6) is 0 Å². The van der Waals surface area contributed by atoms with Crippen molar-refractivity contribution in [3.63, 3.8) is 0 Å². The molecule has 2 aromatic heterocycles.